The van der Waals surface area contributed by atoms with E-state index in [0.29, 0.717) is 25.3 Å². The fraction of sp³-hybridized carbons (Fsp3) is 0.310. The van der Waals surface area contributed by atoms with E-state index >= 15 is 0 Å². The summed E-state index contributed by atoms with van der Waals surface area (Å²) in [5, 5.41) is 1.16. The van der Waals surface area contributed by atoms with E-state index in [4.69, 9.17) is 4.42 Å². The number of rotatable bonds is 10. The summed E-state index contributed by atoms with van der Waals surface area (Å²) in [5.74, 6) is 0.519. The van der Waals surface area contributed by atoms with Crippen molar-refractivity contribution in [2.45, 2.75) is 19.5 Å². The van der Waals surface area contributed by atoms with Gasteiger partial charge in [-0.2, -0.15) is 0 Å². The van der Waals surface area contributed by atoms with Crippen molar-refractivity contribution in [2.24, 2.45) is 0 Å². The van der Waals surface area contributed by atoms with E-state index < -0.39 is 0 Å². The first-order chi connectivity index (χ1) is 17.8. The lowest BCUT2D eigenvalue weighted by atomic mass is 10.1. The first kappa shape index (κ1) is 25.9. The zero-order valence-corrected chi connectivity index (χ0v) is 22.0. The quantitative estimate of drug-likeness (QED) is 0.345. The fourth-order valence-corrected chi connectivity index (χ4v) is 4.33. The molecule has 4 rings (SSSR count). The molecule has 0 fully saturated rings. The van der Waals surface area contributed by atoms with Crippen molar-refractivity contribution in [3.8, 4) is 0 Å². The minimum atomic E-state index is -0.239. The van der Waals surface area contributed by atoms with Gasteiger partial charge in [-0.3, -0.25) is 4.79 Å². The number of nitrogens with zero attached hydrogens (tertiary/aromatic N) is 4. The zero-order chi connectivity index (χ0) is 26.4. The van der Waals surface area contributed by atoms with Gasteiger partial charge in [-0.1, -0.05) is 30.3 Å². The highest BCUT2D eigenvalue weighted by atomic mass is 16.3. The third kappa shape index (κ3) is 6.52. The van der Waals surface area contributed by atoms with Gasteiger partial charge in [0.1, 0.15) is 12.3 Å². The van der Waals surface area contributed by atoms with Gasteiger partial charge < -0.3 is 29.0 Å². The summed E-state index contributed by atoms with van der Waals surface area (Å²) in [6, 6.07) is 19.7. The monoisotopic (exact) mass is 501 g/mol. The number of anilines is 1. The molecule has 8 heteroatoms. The van der Waals surface area contributed by atoms with Crippen molar-refractivity contribution in [3.63, 3.8) is 0 Å². The SMILES string of the molecule is CN(C)C(=O)N(CC(=O)N(CCc1c[nH]c2ccccc12)Cc1ccc(N(C)C)cc1)Cc1ccco1. The van der Waals surface area contributed by atoms with Crippen LogP contribution in [0.4, 0.5) is 10.5 Å². The fourth-order valence-electron chi connectivity index (χ4n) is 4.33. The zero-order valence-electron chi connectivity index (χ0n) is 22.0. The van der Waals surface area contributed by atoms with E-state index in [1.807, 2.05) is 66.5 Å². The average molecular weight is 502 g/mol. The summed E-state index contributed by atoms with van der Waals surface area (Å²) in [5.41, 5.74) is 4.38. The van der Waals surface area contributed by atoms with Gasteiger partial charge in [0.05, 0.1) is 12.8 Å². The van der Waals surface area contributed by atoms with Crippen molar-refractivity contribution in [1.82, 2.24) is 19.7 Å². The number of H-pyrrole nitrogens is 1. The number of aromatic amines is 1. The number of benzene rings is 2. The smallest absolute Gasteiger partial charge is 0.320 e. The molecule has 2 aromatic carbocycles. The van der Waals surface area contributed by atoms with Gasteiger partial charge in [0.15, 0.2) is 0 Å². The Morgan fingerprint density at radius 3 is 2.30 bits per heavy atom. The minimum Gasteiger partial charge on any atom is -0.467 e. The number of furan rings is 1. The predicted molar refractivity (Wildman–Crippen MR) is 146 cm³/mol. The first-order valence-corrected chi connectivity index (χ1v) is 12.4. The Balaban J connectivity index is 1.54. The maximum absolute atomic E-state index is 13.7. The third-order valence-electron chi connectivity index (χ3n) is 6.41. The molecule has 8 nitrogen and oxygen atoms in total. The number of aromatic nitrogens is 1. The average Bonchev–Trinajstić information content (AvgIpc) is 3.55. The molecule has 37 heavy (non-hydrogen) atoms. The van der Waals surface area contributed by atoms with Crippen molar-refractivity contribution in [2.75, 3.05) is 46.2 Å². The Kier molecular flexibility index (Phi) is 8.18. The number of nitrogens with one attached hydrogen (secondary N) is 1. The summed E-state index contributed by atoms with van der Waals surface area (Å²) in [6.45, 7) is 1.17. The van der Waals surface area contributed by atoms with E-state index in [9.17, 15) is 9.59 Å². The molecule has 0 atom stereocenters. The number of carbonyl (C=O) groups excluding carboxylic acids is 2. The van der Waals surface area contributed by atoms with Crippen LogP contribution < -0.4 is 4.90 Å². The molecule has 0 aliphatic rings. The van der Waals surface area contributed by atoms with E-state index in [-0.39, 0.29) is 25.0 Å². The summed E-state index contributed by atoms with van der Waals surface area (Å²) in [7, 11) is 7.37. The highest BCUT2D eigenvalue weighted by molar-refractivity contribution is 5.85. The van der Waals surface area contributed by atoms with Crippen molar-refractivity contribution in [1.29, 1.82) is 0 Å². The number of hydrogen-bond acceptors (Lipinski definition) is 4. The lowest BCUT2D eigenvalue weighted by molar-refractivity contribution is -0.132. The maximum Gasteiger partial charge on any atom is 0.320 e. The van der Waals surface area contributed by atoms with Crippen LogP contribution in [0.2, 0.25) is 0 Å². The number of hydrogen-bond donors (Lipinski definition) is 1. The van der Waals surface area contributed by atoms with E-state index in [1.165, 1.54) is 9.80 Å². The van der Waals surface area contributed by atoms with Gasteiger partial charge in [-0.25, -0.2) is 4.79 Å². The number of carbonyl (C=O) groups is 2. The molecule has 0 saturated carbocycles. The van der Waals surface area contributed by atoms with Gasteiger partial charge in [-0.15, -0.1) is 0 Å². The molecule has 0 aliphatic carbocycles. The molecule has 3 amide bonds. The molecule has 2 heterocycles. The Bertz CT molecular complexity index is 1310. The molecule has 1 N–H and O–H groups in total. The second-order valence-corrected chi connectivity index (χ2v) is 9.60. The van der Waals surface area contributed by atoms with Crippen LogP contribution in [-0.4, -0.2) is 72.9 Å². The Hall–Kier alpha value is -4.20. The first-order valence-electron chi connectivity index (χ1n) is 12.4. The van der Waals surface area contributed by atoms with Gasteiger partial charge in [0.2, 0.25) is 5.91 Å². The highest BCUT2D eigenvalue weighted by Gasteiger charge is 2.24. The summed E-state index contributed by atoms with van der Waals surface area (Å²) < 4.78 is 5.45. The maximum atomic E-state index is 13.7. The van der Waals surface area contributed by atoms with Gasteiger partial charge in [-0.05, 0) is 47.9 Å². The molecule has 0 unspecified atom stereocenters. The number of para-hydroxylation sites is 1. The molecule has 0 bridgehead atoms. The number of amides is 3. The van der Waals surface area contributed by atoms with Crippen LogP contribution in [0.5, 0.6) is 0 Å². The molecule has 0 saturated heterocycles. The topological polar surface area (TPSA) is 76.0 Å². The minimum absolute atomic E-state index is 0.0403. The molecule has 4 aromatic rings. The van der Waals surface area contributed by atoms with Crippen LogP contribution in [0, 0.1) is 0 Å². The van der Waals surface area contributed by atoms with Crippen LogP contribution in [-0.2, 0) is 24.3 Å². The van der Waals surface area contributed by atoms with E-state index in [0.717, 1.165) is 27.7 Å². The van der Waals surface area contributed by atoms with Crippen LogP contribution in [0.3, 0.4) is 0 Å². The van der Waals surface area contributed by atoms with Crippen molar-refractivity contribution < 1.29 is 14.0 Å². The normalized spacial score (nSPS) is 10.9. The molecule has 2 aromatic heterocycles. The standard InChI is InChI=1S/C29H35N5O3/c1-31(2)24-13-11-22(12-14-24)19-33(16-15-23-18-30-27-10-6-5-9-26(23)27)28(35)21-34(29(36)32(3)4)20-25-8-7-17-37-25/h5-14,17-18,30H,15-16,19-21H2,1-4H3. The van der Waals surface area contributed by atoms with Gasteiger partial charge >= 0.3 is 6.03 Å². The van der Waals surface area contributed by atoms with Crippen LogP contribution in [0.1, 0.15) is 16.9 Å². The Morgan fingerprint density at radius 2 is 1.62 bits per heavy atom. The Morgan fingerprint density at radius 1 is 0.865 bits per heavy atom. The summed E-state index contributed by atoms with van der Waals surface area (Å²) >= 11 is 0. The number of urea groups is 1. The second-order valence-electron chi connectivity index (χ2n) is 9.60. The van der Waals surface area contributed by atoms with Crippen LogP contribution >= 0.6 is 0 Å². The molecular formula is C29H35N5O3. The highest BCUT2D eigenvalue weighted by Crippen LogP contribution is 2.20. The lowest BCUT2D eigenvalue weighted by Crippen LogP contribution is -2.46. The molecule has 0 aliphatic heterocycles. The molecule has 194 valence electrons. The summed E-state index contributed by atoms with van der Waals surface area (Å²) in [4.78, 5) is 36.8. The summed E-state index contributed by atoms with van der Waals surface area (Å²) in [6.07, 6.45) is 4.28. The molecule has 0 radical (unpaired) electrons. The predicted octanol–water partition coefficient (Wildman–Crippen LogP) is 4.58. The Labute approximate surface area is 218 Å². The van der Waals surface area contributed by atoms with Gasteiger partial charge in [0.25, 0.3) is 0 Å². The van der Waals surface area contributed by atoms with Gasteiger partial charge in [0, 0.05) is 64.1 Å². The van der Waals surface area contributed by atoms with Crippen LogP contribution in [0.15, 0.2) is 77.5 Å². The largest absolute Gasteiger partial charge is 0.467 e. The second kappa shape index (κ2) is 11.7. The molecule has 0 spiro atoms. The van der Waals surface area contributed by atoms with Crippen molar-refractivity contribution >= 4 is 28.5 Å². The molecular weight excluding hydrogens is 466 g/mol. The third-order valence-corrected chi connectivity index (χ3v) is 6.41. The van der Waals surface area contributed by atoms with Crippen molar-refractivity contribution in [3.05, 3.63) is 90.0 Å². The number of fused-ring (bicyclic) bond motifs is 1. The van der Waals surface area contributed by atoms with E-state index in [1.54, 1.807) is 26.4 Å². The van der Waals surface area contributed by atoms with E-state index in [2.05, 4.69) is 23.2 Å². The lowest BCUT2D eigenvalue weighted by Gasteiger charge is -2.29. The van der Waals surface area contributed by atoms with Crippen LogP contribution in [0.25, 0.3) is 10.9 Å².